The lowest BCUT2D eigenvalue weighted by molar-refractivity contribution is -0.139. The lowest BCUT2D eigenvalue weighted by atomic mass is 9.71. The quantitative estimate of drug-likeness (QED) is 0.374. The second-order valence-electron chi connectivity index (χ2n) is 7.70. The van der Waals surface area contributed by atoms with Crippen LogP contribution in [0.3, 0.4) is 0 Å². The standard InChI is InChI=1S/C24H16N2O3S/c27-22-19-20(15-10-4-7-13-18(15)29-22)24(25-21(19)30)16-11-5-6-12-17(16)26(23(24)28)14-8-2-1-3-9-14/h1-13,19-20H,(H,25,30)/t19-,20+,24-/m0/s1. The predicted molar refractivity (Wildman–Crippen MR) is 116 cm³/mol. The Bertz CT molecular complexity index is 1240. The molecule has 0 bridgehead atoms. The largest absolute Gasteiger partial charge is 0.426 e. The van der Waals surface area contributed by atoms with Crippen molar-refractivity contribution >= 4 is 40.5 Å². The smallest absolute Gasteiger partial charge is 0.322 e. The summed E-state index contributed by atoms with van der Waals surface area (Å²) in [5.41, 5.74) is 2.03. The van der Waals surface area contributed by atoms with E-state index in [9.17, 15) is 9.59 Å². The maximum atomic E-state index is 14.2. The van der Waals surface area contributed by atoms with E-state index in [1.165, 1.54) is 0 Å². The molecule has 3 atom stereocenters. The zero-order valence-electron chi connectivity index (χ0n) is 15.7. The van der Waals surface area contributed by atoms with Crippen molar-refractivity contribution in [3.8, 4) is 5.75 Å². The van der Waals surface area contributed by atoms with Crippen molar-refractivity contribution in [2.45, 2.75) is 11.5 Å². The number of amides is 1. The van der Waals surface area contributed by atoms with Gasteiger partial charge in [0.15, 0.2) is 5.54 Å². The fraction of sp³-hybridized carbons (Fsp3) is 0.125. The van der Waals surface area contributed by atoms with E-state index in [1.807, 2.05) is 72.8 Å². The van der Waals surface area contributed by atoms with Crippen LogP contribution in [0, 0.1) is 5.92 Å². The maximum Gasteiger partial charge on any atom is 0.322 e. The van der Waals surface area contributed by atoms with E-state index in [-0.39, 0.29) is 5.91 Å². The number of benzene rings is 3. The van der Waals surface area contributed by atoms with Crippen molar-refractivity contribution < 1.29 is 14.3 Å². The molecule has 0 aliphatic carbocycles. The Morgan fingerprint density at radius 3 is 2.43 bits per heavy atom. The van der Waals surface area contributed by atoms with Crippen molar-refractivity contribution in [1.29, 1.82) is 0 Å². The van der Waals surface area contributed by atoms with Crippen LogP contribution >= 0.6 is 12.2 Å². The van der Waals surface area contributed by atoms with E-state index in [1.54, 1.807) is 11.0 Å². The average molecular weight is 412 g/mol. The normalized spacial score (nSPS) is 26.1. The Hall–Kier alpha value is -3.51. The molecule has 3 aromatic carbocycles. The highest BCUT2D eigenvalue weighted by Crippen LogP contribution is 2.58. The Labute approximate surface area is 178 Å². The molecule has 1 amide bonds. The fourth-order valence-electron chi connectivity index (χ4n) is 5.07. The van der Waals surface area contributed by atoms with E-state index in [0.29, 0.717) is 10.7 Å². The number of carbonyl (C=O) groups excluding carboxylic acids is 2. The summed E-state index contributed by atoms with van der Waals surface area (Å²) in [6, 6.07) is 24.6. The number of para-hydroxylation sites is 3. The van der Waals surface area contributed by atoms with Crippen LogP contribution in [0.25, 0.3) is 0 Å². The number of carbonyl (C=O) groups is 2. The summed E-state index contributed by atoms with van der Waals surface area (Å²) >= 11 is 5.59. The molecule has 146 valence electrons. The fourth-order valence-corrected chi connectivity index (χ4v) is 5.46. The summed E-state index contributed by atoms with van der Waals surface area (Å²) in [5.74, 6) is -1.27. The van der Waals surface area contributed by atoms with Crippen LogP contribution in [0.2, 0.25) is 0 Å². The number of rotatable bonds is 1. The van der Waals surface area contributed by atoms with Crippen molar-refractivity contribution in [1.82, 2.24) is 5.32 Å². The average Bonchev–Trinajstić information content (AvgIpc) is 3.22. The van der Waals surface area contributed by atoms with Crippen molar-refractivity contribution in [3.05, 3.63) is 90.0 Å². The molecule has 5 nitrogen and oxygen atoms in total. The van der Waals surface area contributed by atoms with Gasteiger partial charge in [-0.3, -0.25) is 14.5 Å². The minimum atomic E-state index is -1.16. The van der Waals surface area contributed by atoms with Crippen LogP contribution in [-0.2, 0) is 15.1 Å². The molecule has 1 N–H and O–H groups in total. The molecule has 0 unspecified atom stereocenters. The van der Waals surface area contributed by atoms with Crippen LogP contribution in [-0.4, -0.2) is 16.9 Å². The van der Waals surface area contributed by atoms with Gasteiger partial charge in [0, 0.05) is 22.7 Å². The molecule has 1 saturated heterocycles. The summed E-state index contributed by atoms with van der Waals surface area (Å²) in [5, 5.41) is 3.29. The Morgan fingerprint density at radius 2 is 1.60 bits per heavy atom. The van der Waals surface area contributed by atoms with E-state index in [0.717, 1.165) is 22.5 Å². The molecule has 1 spiro atoms. The molecule has 6 heteroatoms. The van der Waals surface area contributed by atoms with E-state index >= 15 is 0 Å². The SMILES string of the molecule is O=C1Oc2ccccc2[C@@H]2[C@H]1C(=S)N[C@]21C(=O)N(c2ccccc2)c2ccccc21. The highest BCUT2D eigenvalue weighted by Gasteiger charge is 2.66. The van der Waals surface area contributed by atoms with Gasteiger partial charge >= 0.3 is 5.97 Å². The monoisotopic (exact) mass is 412 g/mol. The number of hydrogen-bond acceptors (Lipinski definition) is 4. The molecule has 0 radical (unpaired) electrons. The van der Waals surface area contributed by atoms with E-state index in [4.69, 9.17) is 17.0 Å². The molecule has 3 heterocycles. The first-order valence-electron chi connectivity index (χ1n) is 9.74. The lowest BCUT2D eigenvalue weighted by Crippen LogP contribution is -2.50. The molecule has 3 aliphatic rings. The molecule has 3 aliphatic heterocycles. The van der Waals surface area contributed by atoms with Gasteiger partial charge in [0.25, 0.3) is 5.91 Å². The molecule has 30 heavy (non-hydrogen) atoms. The first kappa shape index (κ1) is 17.4. The third-order valence-electron chi connectivity index (χ3n) is 6.25. The van der Waals surface area contributed by atoms with Gasteiger partial charge in [-0.15, -0.1) is 0 Å². The second kappa shape index (κ2) is 6.00. The zero-order chi connectivity index (χ0) is 20.5. The van der Waals surface area contributed by atoms with Crippen LogP contribution in [0.1, 0.15) is 17.0 Å². The number of anilines is 2. The number of nitrogens with one attached hydrogen (secondary N) is 1. The molecule has 0 saturated carbocycles. The summed E-state index contributed by atoms with van der Waals surface area (Å²) in [4.78, 5) is 29.1. The first-order chi connectivity index (χ1) is 14.6. The first-order valence-corrected chi connectivity index (χ1v) is 10.2. The predicted octanol–water partition coefficient (Wildman–Crippen LogP) is 3.81. The molecule has 3 aromatic rings. The third-order valence-corrected chi connectivity index (χ3v) is 6.60. The molecule has 0 aromatic heterocycles. The van der Waals surface area contributed by atoms with E-state index in [2.05, 4.69) is 5.32 Å². The van der Waals surface area contributed by atoms with Crippen LogP contribution in [0.15, 0.2) is 78.9 Å². The van der Waals surface area contributed by atoms with Gasteiger partial charge in [0.05, 0.1) is 10.7 Å². The summed E-state index contributed by atoms with van der Waals surface area (Å²) in [7, 11) is 0. The van der Waals surface area contributed by atoms with Gasteiger partial charge in [-0.1, -0.05) is 66.8 Å². The minimum Gasteiger partial charge on any atom is -0.426 e. The van der Waals surface area contributed by atoms with E-state index < -0.39 is 23.3 Å². The number of ether oxygens (including phenoxy) is 1. The van der Waals surface area contributed by atoms with Crippen LogP contribution in [0.5, 0.6) is 5.75 Å². The van der Waals surface area contributed by atoms with Gasteiger partial charge in [-0.25, -0.2) is 0 Å². The van der Waals surface area contributed by atoms with Gasteiger partial charge in [0.2, 0.25) is 0 Å². The molecule has 6 rings (SSSR count). The van der Waals surface area contributed by atoms with Gasteiger partial charge in [0.1, 0.15) is 11.7 Å². The number of esters is 1. The Kier molecular flexibility index (Phi) is 3.47. The van der Waals surface area contributed by atoms with Crippen molar-refractivity contribution in [2.24, 2.45) is 5.92 Å². The zero-order valence-corrected chi connectivity index (χ0v) is 16.6. The second-order valence-corrected chi connectivity index (χ2v) is 8.14. The Balaban J connectivity index is 1.64. The summed E-state index contributed by atoms with van der Waals surface area (Å²) in [6.45, 7) is 0. The molecular weight excluding hydrogens is 396 g/mol. The summed E-state index contributed by atoms with van der Waals surface area (Å²) in [6.07, 6.45) is 0. The highest BCUT2D eigenvalue weighted by molar-refractivity contribution is 7.80. The van der Waals surface area contributed by atoms with Crippen molar-refractivity contribution in [3.63, 3.8) is 0 Å². The topological polar surface area (TPSA) is 58.6 Å². The van der Waals surface area contributed by atoms with Gasteiger partial charge < -0.3 is 10.1 Å². The lowest BCUT2D eigenvalue weighted by Gasteiger charge is -2.35. The minimum absolute atomic E-state index is 0.144. The van der Waals surface area contributed by atoms with Crippen molar-refractivity contribution in [2.75, 3.05) is 4.90 Å². The molecular formula is C24H16N2O3S. The maximum absolute atomic E-state index is 14.2. The number of fused-ring (bicyclic) bond motifs is 6. The molecule has 1 fully saturated rings. The van der Waals surface area contributed by atoms with Gasteiger partial charge in [-0.05, 0) is 24.3 Å². The van der Waals surface area contributed by atoms with Crippen LogP contribution in [0.4, 0.5) is 11.4 Å². The number of hydrogen-bond donors (Lipinski definition) is 1. The van der Waals surface area contributed by atoms with Crippen LogP contribution < -0.4 is 15.0 Å². The Morgan fingerprint density at radius 1 is 0.900 bits per heavy atom. The van der Waals surface area contributed by atoms with Gasteiger partial charge in [-0.2, -0.15) is 0 Å². The summed E-state index contributed by atoms with van der Waals surface area (Å²) < 4.78 is 5.56. The highest BCUT2D eigenvalue weighted by atomic mass is 32.1. The number of thiocarbonyl (C=S) groups is 1. The number of nitrogens with zero attached hydrogens (tertiary/aromatic N) is 1. The third kappa shape index (κ3) is 2.03.